The summed E-state index contributed by atoms with van der Waals surface area (Å²) in [6.45, 7) is 0.154. The van der Waals surface area contributed by atoms with Crippen molar-refractivity contribution in [2.24, 2.45) is 7.05 Å². The number of aromatic nitrogens is 4. The van der Waals surface area contributed by atoms with Gasteiger partial charge in [-0.15, -0.1) is 5.10 Å². The molecule has 0 unspecified atom stereocenters. The molecule has 0 aliphatic carbocycles. The van der Waals surface area contributed by atoms with Crippen LogP contribution in [0.2, 0.25) is 0 Å². The molecule has 0 fully saturated rings. The molecule has 0 amide bonds. The Morgan fingerprint density at radius 3 is 2.74 bits per heavy atom. The topological polar surface area (TPSA) is 95.8 Å². The van der Waals surface area contributed by atoms with E-state index in [4.69, 9.17) is 0 Å². The molecule has 0 saturated carbocycles. The number of hydrogen-bond donors (Lipinski definition) is 0. The number of hydrogen-bond acceptors (Lipinski definition) is 5. The van der Waals surface area contributed by atoms with Crippen molar-refractivity contribution in [3.05, 3.63) is 74.8 Å². The number of nitro groups is 1. The van der Waals surface area contributed by atoms with E-state index in [1.54, 1.807) is 37.5 Å². The van der Waals surface area contributed by atoms with Crippen LogP contribution < -0.4 is 5.69 Å². The lowest BCUT2D eigenvalue weighted by atomic mass is 10.2. The molecule has 0 atom stereocenters. The lowest BCUT2D eigenvalue weighted by Crippen LogP contribution is -2.23. The zero-order valence-corrected chi connectivity index (χ0v) is 12.3. The summed E-state index contributed by atoms with van der Waals surface area (Å²) in [5.41, 5.74) is 0.894. The molecule has 2 aromatic heterocycles. The first kappa shape index (κ1) is 14.6. The Kier molecular flexibility index (Phi) is 3.71. The number of pyridine rings is 1. The first-order valence-electron chi connectivity index (χ1n) is 6.85. The zero-order chi connectivity index (χ0) is 16.4. The molecule has 0 radical (unpaired) electrons. The molecule has 0 bridgehead atoms. The number of rotatable bonds is 4. The van der Waals surface area contributed by atoms with E-state index in [0.717, 1.165) is 0 Å². The van der Waals surface area contributed by atoms with Crippen molar-refractivity contribution in [2.45, 2.75) is 6.54 Å². The van der Waals surface area contributed by atoms with Crippen LogP contribution in [0.1, 0.15) is 5.56 Å². The van der Waals surface area contributed by atoms with Crippen molar-refractivity contribution in [2.75, 3.05) is 0 Å². The molecule has 0 N–H and O–H groups in total. The summed E-state index contributed by atoms with van der Waals surface area (Å²) in [6, 6.07) is 11.5. The number of nitrogens with zero attached hydrogens (tertiary/aromatic N) is 5. The quantitative estimate of drug-likeness (QED) is 0.538. The minimum absolute atomic E-state index is 0.0172. The van der Waals surface area contributed by atoms with Crippen LogP contribution >= 0.6 is 0 Å². The van der Waals surface area contributed by atoms with Crippen molar-refractivity contribution in [1.82, 2.24) is 19.3 Å². The van der Waals surface area contributed by atoms with Crippen molar-refractivity contribution in [3.63, 3.8) is 0 Å². The third-order valence-corrected chi connectivity index (χ3v) is 3.39. The van der Waals surface area contributed by atoms with Gasteiger partial charge in [-0.1, -0.05) is 18.2 Å². The highest BCUT2D eigenvalue weighted by Crippen LogP contribution is 2.15. The summed E-state index contributed by atoms with van der Waals surface area (Å²) in [5.74, 6) is 0.445. The molecule has 0 saturated heterocycles. The minimum atomic E-state index is -0.468. The van der Waals surface area contributed by atoms with Gasteiger partial charge in [0.15, 0.2) is 5.82 Å². The maximum Gasteiger partial charge on any atom is 0.346 e. The largest absolute Gasteiger partial charge is 0.346 e. The Morgan fingerprint density at radius 1 is 1.22 bits per heavy atom. The van der Waals surface area contributed by atoms with E-state index in [1.807, 2.05) is 6.07 Å². The summed E-state index contributed by atoms with van der Waals surface area (Å²) in [4.78, 5) is 26.8. The van der Waals surface area contributed by atoms with Crippen molar-refractivity contribution in [1.29, 1.82) is 0 Å². The molecule has 2 heterocycles. The fourth-order valence-corrected chi connectivity index (χ4v) is 2.25. The molecular weight excluding hydrogens is 298 g/mol. The predicted molar refractivity (Wildman–Crippen MR) is 82.9 cm³/mol. The monoisotopic (exact) mass is 311 g/mol. The summed E-state index contributed by atoms with van der Waals surface area (Å²) >= 11 is 0. The highest BCUT2D eigenvalue weighted by Gasteiger charge is 2.14. The number of non-ortho nitro benzene ring substituents is 1. The molecule has 3 aromatic rings. The van der Waals surface area contributed by atoms with Crippen LogP contribution in [0.15, 0.2) is 53.5 Å². The van der Waals surface area contributed by atoms with Gasteiger partial charge in [0.05, 0.1) is 11.5 Å². The number of nitro benzene ring substituents is 1. The van der Waals surface area contributed by atoms with Gasteiger partial charge in [-0.25, -0.2) is 9.48 Å². The Labute approximate surface area is 130 Å². The lowest BCUT2D eigenvalue weighted by molar-refractivity contribution is -0.384. The van der Waals surface area contributed by atoms with Gasteiger partial charge in [-0.3, -0.25) is 19.7 Å². The molecule has 0 aliphatic heterocycles. The van der Waals surface area contributed by atoms with Gasteiger partial charge in [0.25, 0.3) is 5.69 Å². The van der Waals surface area contributed by atoms with Crippen molar-refractivity contribution in [3.8, 4) is 11.5 Å². The van der Waals surface area contributed by atoms with E-state index >= 15 is 0 Å². The first-order chi connectivity index (χ1) is 11.1. The highest BCUT2D eigenvalue weighted by molar-refractivity contribution is 5.48. The van der Waals surface area contributed by atoms with Crippen LogP contribution in [0.4, 0.5) is 5.69 Å². The van der Waals surface area contributed by atoms with Crippen LogP contribution in [-0.4, -0.2) is 24.3 Å². The maximum atomic E-state index is 12.3. The SMILES string of the molecule is Cn1c(-c2ccccn2)nn(Cc2cccc([N+](=O)[O-])c2)c1=O. The predicted octanol–water partition coefficient (Wildman–Crippen LogP) is 1.60. The van der Waals surface area contributed by atoms with E-state index in [-0.39, 0.29) is 17.9 Å². The van der Waals surface area contributed by atoms with Crippen LogP contribution in [0.3, 0.4) is 0 Å². The molecule has 8 heteroatoms. The second-order valence-electron chi connectivity index (χ2n) is 4.96. The van der Waals surface area contributed by atoms with Gasteiger partial charge in [-0.2, -0.15) is 0 Å². The summed E-state index contributed by atoms with van der Waals surface area (Å²) in [7, 11) is 1.61. The summed E-state index contributed by atoms with van der Waals surface area (Å²) < 4.78 is 2.67. The molecule has 8 nitrogen and oxygen atoms in total. The summed E-state index contributed by atoms with van der Waals surface area (Å²) in [5, 5.41) is 15.1. The Balaban J connectivity index is 1.97. The van der Waals surface area contributed by atoms with Crippen LogP contribution in [0.5, 0.6) is 0 Å². The van der Waals surface area contributed by atoms with Crippen molar-refractivity contribution < 1.29 is 4.92 Å². The smallest absolute Gasteiger partial charge is 0.277 e. The van der Waals surface area contributed by atoms with Gasteiger partial charge in [0, 0.05) is 25.4 Å². The van der Waals surface area contributed by atoms with Crippen molar-refractivity contribution >= 4 is 5.69 Å². The summed E-state index contributed by atoms with van der Waals surface area (Å²) in [6.07, 6.45) is 1.62. The third kappa shape index (κ3) is 2.86. The molecule has 0 aliphatic rings. The van der Waals surface area contributed by atoms with E-state index in [1.165, 1.54) is 21.4 Å². The average molecular weight is 311 g/mol. The Morgan fingerprint density at radius 2 is 2.04 bits per heavy atom. The van der Waals surface area contributed by atoms with Gasteiger partial charge < -0.3 is 0 Å². The normalized spacial score (nSPS) is 10.7. The van der Waals surface area contributed by atoms with Gasteiger partial charge >= 0.3 is 5.69 Å². The second kappa shape index (κ2) is 5.84. The van der Waals surface area contributed by atoms with Gasteiger partial charge in [-0.05, 0) is 17.7 Å². The highest BCUT2D eigenvalue weighted by atomic mass is 16.6. The molecule has 116 valence electrons. The molecule has 0 spiro atoms. The molecule has 23 heavy (non-hydrogen) atoms. The van der Waals surface area contributed by atoms with Crippen LogP contribution in [-0.2, 0) is 13.6 Å². The van der Waals surface area contributed by atoms with E-state index < -0.39 is 4.92 Å². The van der Waals surface area contributed by atoms with Crippen LogP contribution in [0, 0.1) is 10.1 Å². The van der Waals surface area contributed by atoms with E-state index in [2.05, 4.69) is 10.1 Å². The molecule has 1 aromatic carbocycles. The zero-order valence-electron chi connectivity index (χ0n) is 12.3. The van der Waals surface area contributed by atoms with Crippen LogP contribution in [0.25, 0.3) is 11.5 Å². The fourth-order valence-electron chi connectivity index (χ4n) is 2.25. The second-order valence-corrected chi connectivity index (χ2v) is 4.96. The lowest BCUT2D eigenvalue weighted by Gasteiger charge is -2.00. The first-order valence-corrected chi connectivity index (χ1v) is 6.85. The van der Waals surface area contributed by atoms with Gasteiger partial charge in [0.2, 0.25) is 0 Å². The molecular formula is C15H13N5O3. The molecule has 3 rings (SSSR count). The average Bonchev–Trinajstić information content (AvgIpc) is 2.84. The maximum absolute atomic E-state index is 12.3. The van der Waals surface area contributed by atoms with Gasteiger partial charge in [0.1, 0.15) is 5.69 Å². The Hall–Kier alpha value is -3.29. The standard InChI is InChI=1S/C15H13N5O3/c1-18-14(13-7-2-3-8-16-13)17-19(15(18)21)10-11-5-4-6-12(9-11)20(22)23/h2-9H,10H2,1H3. The third-order valence-electron chi connectivity index (χ3n) is 3.39. The Bertz CT molecular complexity index is 914. The number of benzene rings is 1. The minimum Gasteiger partial charge on any atom is -0.277 e. The van der Waals surface area contributed by atoms with E-state index in [9.17, 15) is 14.9 Å². The van der Waals surface area contributed by atoms with E-state index in [0.29, 0.717) is 17.1 Å². The fraction of sp³-hybridized carbons (Fsp3) is 0.133.